The number of nitrogens with two attached hydrogens (primary N) is 1. The van der Waals surface area contributed by atoms with Crippen molar-refractivity contribution in [3.63, 3.8) is 0 Å². The molecule has 7 nitrogen and oxygen atoms in total. The molecular formula is C11H11N4O3-. The molecule has 3 heterocycles. The maximum absolute atomic E-state index is 11.7. The van der Waals surface area contributed by atoms with Crippen LogP contribution in [-0.2, 0) is 4.79 Å². The highest BCUT2D eigenvalue weighted by atomic mass is 16.5. The maximum Gasteiger partial charge on any atom is 0.229 e. The summed E-state index contributed by atoms with van der Waals surface area (Å²) in [5.41, 5.74) is 5.72. The van der Waals surface area contributed by atoms with Gasteiger partial charge in [0.05, 0.1) is 0 Å². The lowest BCUT2D eigenvalue weighted by Gasteiger charge is -2.21. The Labute approximate surface area is 103 Å². The van der Waals surface area contributed by atoms with Crippen molar-refractivity contribution in [2.24, 2.45) is 10.7 Å². The topological polar surface area (TPSA) is 104 Å². The number of anilines is 1. The summed E-state index contributed by atoms with van der Waals surface area (Å²) in [4.78, 5) is 21.1. The van der Waals surface area contributed by atoms with Crippen molar-refractivity contribution in [1.29, 1.82) is 0 Å². The number of amides is 1. The van der Waals surface area contributed by atoms with Gasteiger partial charge in [-0.05, 0) is 12.1 Å². The number of hydrogen-bond acceptors (Lipinski definition) is 6. The lowest BCUT2D eigenvalue weighted by atomic mass is 10.3. The summed E-state index contributed by atoms with van der Waals surface area (Å²) in [6, 6.07) is 3.15. The van der Waals surface area contributed by atoms with Crippen molar-refractivity contribution in [2.75, 3.05) is 18.1 Å². The van der Waals surface area contributed by atoms with Crippen LogP contribution in [0.3, 0.4) is 0 Å². The van der Waals surface area contributed by atoms with Crippen molar-refractivity contribution in [3.8, 4) is 5.75 Å². The van der Waals surface area contributed by atoms with E-state index < -0.39 is 0 Å². The van der Waals surface area contributed by atoms with E-state index in [0.29, 0.717) is 24.5 Å². The molecule has 2 aliphatic heterocycles. The van der Waals surface area contributed by atoms with Crippen molar-refractivity contribution >= 4 is 23.4 Å². The Morgan fingerprint density at radius 1 is 1.50 bits per heavy atom. The molecule has 1 aromatic rings. The first-order valence-corrected chi connectivity index (χ1v) is 5.58. The van der Waals surface area contributed by atoms with Crippen molar-refractivity contribution in [2.45, 2.75) is 12.5 Å². The number of aromatic nitrogens is 1. The molecule has 0 aliphatic carbocycles. The zero-order chi connectivity index (χ0) is 12.7. The summed E-state index contributed by atoms with van der Waals surface area (Å²) < 4.78 is 5.17. The van der Waals surface area contributed by atoms with Crippen LogP contribution in [0.25, 0.3) is 0 Å². The lowest BCUT2D eigenvalue weighted by Crippen LogP contribution is -2.30. The number of nitrogens with zero attached hydrogens (tertiary/aromatic N) is 3. The second-order valence-electron chi connectivity index (χ2n) is 4.25. The summed E-state index contributed by atoms with van der Waals surface area (Å²) in [6.07, 6.45) is 0.311. The van der Waals surface area contributed by atoms with E-state index in [4.69, 9.17) is 10.5 Å². The van der Waals surface area contributed by atoms with Crippen LogP contribution in [0.1, 0.15) is 6.42 Å². The Kier molecular flexibility index (Phi) is 2.41. The first-order valence-electron chi connectivity index (χ1n) is 5.58. The summed E-state index contributed by atoms with van der Waals surface area (Å²) in [7, 11) is 0. The quantitative estimate of drug-likeness (QED) is 0.680. The van der Waals surface area contributed by atoms with Crippen LogP contribution in [0.15, 0.2) is 17.1 Å². The van der Waals surface area contributed by atoms with Gasteiger partial charge in [0, 0.05) is 24.9 Å². The van der Waals surface area contributed by atoms with Gasteiger partial charge in [-0.1, -0.05) is 0 Å². The number of carbonyl (C=O) groups excluding carboxylic acids is 1. The highest BCUT2D eigenvalue weighted by molar-refractivity contribution is 5.95. The molecule has 0 spiro atoms. The minimum Gasteiger partial charge on any atom is -0.859 e. The normalized spacial score (nSPS) is 22.5. The van der Waals surface area contributed by atoms with Crippen LogP contribution in [0.4, 0.5) is 11.6 Å². The monoisotopic (exact) mass is 247 g/mol. The van der Waals surface area contributed by atoms with Crippen LogP contribution >= 0.6 is 0 Å². The zero-order valence-electron chi connectivity index (χ0n) is 9.50. The molecule has 1 atom stereocenters. The van der Waals surface area contributed by atoms with Gasteiger partial charge in [-0.25, -0.2) is 9.98 Å². The molecular weight excluding hydrogens is 236 g/mol. The molecule has 1 saturated heterocycles. The molecule has 7 heteroatoms. The van der Waals surface area contributed by atoms with Gasteiger partial charge in [0.25, 0.3) is 0 Å². The number of fused-ring (bicyclic) bond motifs is 1. The predicted octanol–water partition coefficient (Wildman–Crippen LogP) is -1.07. The third-order valence-corrected chi connectivity index (χ3v) is 2.84. The molecule has 1 fully saturated rings. The number of rotatable bonds is 1. The van der Waals surface area contributed by atoms with Gasteiger partial charge in [-0.15, -0.1) is 0 Å². The standard InChI is InChI=1S/C11H12N4O3/c12-6-3-10(17)15(4-6)8-2-1-7-11(13-8)14-9(16)5-18-7/h1-2,6H,3-5,12H2,(H,13,14,16)/p-1/t6-/m1/s1. The summed E-state index contributed by atoms with van der Waals surface area (Å²) in [6.45, 7) is 0.362. The van der Waals surface area contributed by atoms with Crippen LogP contribution in [0.5, 0.6) is 5.75 Å². The molecule has 1 amide bonds. The van der Waals surface area contributed by atoms with Crippen molar-refractivity contribution < 1.29 is 14.6 Å². The third kappa shape index (κ3) is 1.78. The third-order valence-electron chi connectivity index (χ3n) is 2.84. The fourth-order valence-corrected chi connectivity index (χ4v) is 2.02. The molecule has 1 aromatic heterocycles. The fraction of sp³-hybridized carbons (Fsp3) is 0.364. The number of pyridine rings is 1. The van der Waals surface area contributed by atoms with E-state index in [2.05, 4.69) is 9.98 Å². The first kappa shape index (κ1) is 11.0. The predicted molar refractivity (Wildman–Crippen MR) is 61.8 cm³/mol. The van der Waals surface area contributed by atoms with Gasteiger partial charge >= 0.3 is 0 Å². The minimum atomic E-state index is -0.378. The molecule has 0 aromatic carbocycles. The van der Waals surface area contributed by atoms with Crippen LogP contribution in [0.2, 0.25) is 0 Å². The largest absolute Gasteiger partial charge is 0.859 e. The Bertz CT molecular complexity index is 543. The second kappa shape index (κ2) is 3.95. The molecule has 94 valence electrons. The molecule has 0 radical (unpaired) electrons. The minimum absolute atomic E-state index is 0.0679. The molecule has 0 bridgehead atoms. The van der Waals surface area contributed by atoms with Gasteiger partial charge in [0.1, 0.15) is 12.4 Å². The average molecular weight is 247 g/mol. The average Bonchev–Trinajstić information content (AvgIpc) is 2.67. The first-order chi connectivity index (χ1) is 8.63. The second-order valence-corrected chi connectivity index (χ2v) is 4.25. The van der Waals surface area contributed by atoms with Gasteiger partial charge in [0.2, 0.25) is 5.91 Å². The van der Waals surface area contributed by atoms with Crippen molar-refractivity contribution in [3.05, 3.63) is 12.1 Å². The highest BCUT2D eigenvalue weighted by Crippen LogP contribution is 2.31. The van der Waals surface area contributed by atoms with Gasteiger partial charge in [0.15, 0.2) is 11.6 Å². The van der Waals surface area contributed by atoms with Crippen molar-refractivity contribution in [1.82, 2.24) is 4.98 Å². The van der Waals surface area contributed by atoms with E-state index in [0.717, 1.165) is 0 Å². The molecule has 0 unspecified atom stereocenters. The Hall–Kier alpha value is -2.15. The van der Waals surface area contributed by atoms with Crippen LogP contribution in [-0.4, -0.2) is 36.0 Å². The van der Waals surface area contributed by atoms with Gasteiger partial charge in [-0.3, -0.25) is 9.69 Å². The van der Waals surface area contributed by atoms with Gasteiger partial charge < -0.3 is 15.6 Å². The zero-order valence-corrected chi connectivity index (χ0v) is 9.50. The molecule has 0 saturated carbocycles. The van der Waals surface area contributed by atoms with E-state index in [1.54, 1.807) is 12.1 Å². The number of aliphatic imine (C=N–C) groups is 1. The van der Waals surface area contributed by atoms with Gasteiger partial charge in [-0.2, -0.15) is 0 Å². The van der Waals surface area contributed by atoms with E-state index in [1.807, 2.05) is 0 Å². The summed E-state index contributed by atoms with van der Waals surface area (Å²) >= 11 is 0. The van der Waals surface area contributed by atoms with Crippen LogP contribution < -0.4 is 20.5 Å². The summed E-state index contributed by atoms with van der Waals surface area (Å²) in [5, 5.41) is 11.1. The number of ether oxygens (including phenoxy) is 1. The van der Waals surface area contributed by atoms with E-state index >= 15 is 0 Å². The summed E-state index contributed by atoms with van der Waals surface area (Å²) in [5.74, 6) is 0.676. The van der Waals surface area contributed by atoms with E-state index in [-0.39, 0.29) is 30.3 Å². The molecule has 3 rings (SSSR count). The molecule has 18 heavy (non-hydrogen) atoms. The van der Waals surface area contributed by atoms with E-state index in [1.165, 1.54) is 4.90 Å². The number of hydrogen-bond donors (Lipinski definition) is 1. The highest BCUT2D eigenvalue weighted by Gasteiger charge is 2.29. The number of carbonyl (C=O) groups is 1. The fourth-order valence-electron chi connectivity index (χ4n) is 2.02. The van der Waals surface area contributed by atoms with Crippen LogP contribution in [0, 0.1) is 0 Å². The Balaban J connectivity index is 1.96. The maximum atomic E-state index is 11.7. The smallest absolute Gasteiger partial charge is 0.229 e. The molecule has 2 aliphatic rings. The Morgan fingerprint density at radius 2 is 2.33 bits per heavy atom. The lowest BCUT2D eigenvalue weighted by molar-refractivity contribution is -0.221. The SMILES string of the molecule is N[C@@H]1CC(=O)N(c2ccc3c(n2)N=C([O-])CO3)C1. The van der Waals surface area contributed by atoms with E-state index in [9.17, 15) is 9.90 Å². The Morgan fingerprint density at radius 3 is 3.06 bits per heavy atom. The molecule has 2 N–H and O–H groups in total.